The Labute approximate surface area is 323 Å². The van der Waals surface area contributed by atoms with E-state index < -0.39 is 12.1 Å². The largest absolute Gasteiger partial charge is 0.466 e. The lowest BCUT2D eigenvalue weighted by Gasteiger charge is -2.22. The molecule has 2 unspecified atom stereocenters. The monoisotopic (exact) mass is 736 g/mol. The van der Waals surface area contributed by atoms with Crippen molar-refractivity contribution in [2.24, 2.45) is 0 Å². The van der Waals surface area contributed by atoms with E-state index in [1.165, 1.54) is 141 Å². The summed E-state index contributed by atoms with van der Waals surface area (Å²) in [5.74, 6) is -0.0797. The fourth-order valence-corrected chi connectivity index (χ4v) is 6.98. The number of unbranched alkanes of at least 4 members (excludes halogenated alkanes) is 29. The highest BCUT2D eigenvalue weighted by Crippen LogP contribution is 2.15. The summed E-state index contributed by atoms with van der Waals surface area (Å²) < 4.78 is 5.43. The molecule has 52 heavy (non-hydrogen) atoms. The van der Waals surface area contributed by atoms with Gasteiger partial charge in [0.05, 0.1) is 25.4 Å². The second kappa shape index (κ2) is 42.3. The Kier molecular flexibility index (Phi) is 41.2. The Hall–Kier alpha value is -1.40. The predicted octanol–water partition coefficient (Wildman–Crippen LogP) is 13.0. The molecule has 308 valence electrons. The number of carbonyl (C=O) groups excluding carboxylic acids is 2. The summed E-state index contributed by atoms with van der Waals surface area (Å²) in [7, 11) is 0. The third-order valence-electron chi connectivity index (χ3n) is 10.6. The number of allylic oxidation sites excluding steroid dienone is 2. The first kappa shape index (κ1) is 50.6. The summed E-state index contributed by atoms with van der Waals surface area (Å²) in [5.41, 5.74) is 0. The maximum atomic E-state index is 12.4. The molecule has 0 aromatic rings. The van der Waals surface area contributed by atoms with Crippen LogP contribution in [0.4, 0.5) is 0 Å². The lowest BCUT2D eigenvalue weighted by molar-refractivity contribution is -0.143. The Morgan fingerprint density at radius 2 is 0.904 bits per heavy atom. The molecule has 0 fully saturated rings. The molecular weight excluding hydrogens is 647 g/mol. The molecule has 0 spiro atoms. The van der Waals surface area contributed by atoms with Gasteiger partial charge < -0.3 is 20.3 Å². The molecular formula is C46H89NO5. The molecule has 0 saturated heterocycles. The van der Waals surface area contributed by atoms with Crippen molar-refractivity contribution in [2.45, 2.75) is 257 Å². The molecule has 0 aliphatic rings. The van der Waals surface area contributed by atoms with Crippen molar-refractivity contribution in [2.75, 3.05) is 13.2 Å². The highest BCUT2D eigenvalue weighted by atomic mass is 16.5. The van der Waals surface area contributed by atoms with Crippen LogP contribution in [-0.2, 0) is 14.3 Å². The maximum Gasteiger partial charge on any atom is 0.305 e. The molecule has 0 bridgehead atoms. The van der Waals surface area contributed by atoms with Gasteiger partial charge in [0.1, 0.15) is 0 Å². The van der Waals surface area contributed by atoms with Gasteiger partial charge in [-0.3, -0.25) is 9.59 Å². The van der Waals surface area contributed by atoms with Crippen molar-refractivity contribution < 1.29 is 24.5 Å². The SMILES string of the molecule is CCCCCCCCCCCCCC(=O)OCCCCCCCC/C=C\CCCCCC(=O)NC(CO)C(O)CCCCCCCCCCCCC. The minimum absolute atomic E-state index is 0.0134. The zero-order chi connectivity index (χ0) is 38.0. The molecule has 0 aromatic heterocycles. The fourth-order valence-electron chi connectivity index (χ4n) is 6.98. The topological polar surface area (TPSA) is 95.9 Å². The molecule has 3 N–H and O–H groups in total. The Balaban J connectivity index is 3.50. The van der Waals surface area contributed by atoms with Crippen molar-refractivity contribution in [3.8, 4) is 0 Å². The molecule has 0 saturated carbocycles. The van der Waals surface area contributed by atoms with Crippen molar-refractivity contribution in [1.82, 2.24) is 5.32 Å². The molecule has 0 aromatic carbocycles. The van der Waals surface area contributed by atoms with Gasteiger partial charge in [0.15, 0.2) is 0 Å². The normalized spacial score (nSPS) is 12.8. The smallest absolute Gasteiger partial charge is 0.305 e. The van der Waals surface area contributed by atoms with Crippen molar-refractivity contribution >= 4 is 11.9 Å². The number of rotatable bonds is 42. The van der Waals surface area contributed by atoms with Crippen LogP contribution in [0.15, 0.2) is 12.2 Å². The van der Waals surface area contributed by atoms with E-state index in [0.29, 0.717) is 25.9 Å². The quantitative estimate of drug-likeness (QED) is 0.0329. The van der Waals surface area contributed by atoms with Crippen LogP contribution in [0.3, 0.4) is 0 Å². The lowest BCUT2D eigenvalue weighted by Crippen LogP contribution is -2.45. The van der Waals surface area contributed by atoms with E-state index in [2.05, 4.69) is 31.3 Å². The minimum Gasteiger partial charge on any atom is -0.466 e. The number of aliphatic hydroxyl groups is 2. The predicted molar refractivity (Wildman–Crippen MR) is 223 cm³/mol. The highest BCUT2D eigenvalue weighted by Gasteiger charge is 2.20. The van der Waals surface area contributed by atoms with E-state index in [9.17, 15) is 19.8 Å². The fraction of sp³-hybridized carbons (Fsp3) is 0.913. The van der Waals surface area contributed by atoms with Gasteiger partial charge >= 0.3 is 5.97 Å². The standard InChI is InChI=1S/C46H89NO5/c1-3-5-7-9-11-13-18-22-26-30-34-38-44(49)43(42-48)47-45(50)39-35-31-27-23-20-16-15-17-21-25-29-33-37-41-52-46(51)40-36-32-28-24-19-14-12-10-8-6-4-2/h16,20,43-44,48-49H,3-15,17-19,21-42H2,1-2H3,(H,47,50)/b20-16-. The average molecular weight is 736 g/mol. The van der Waals surface area contributed by atoms with Crippen molar-refractivity contribution in [1.29, 1.82) is 0 Å². The maximum absolute atomic E-state index is 12.4. The Morgan fingerprint density at radius 3 is 1.38 bits per heavy atom. The first-order valence-corrected chi connectivity index (χ1v) is 22.9. The van der Waals surface area contributed by atoms with E-state index in [1.807, 2.05) is 0 Å². The minimum atomic E-state index is -0.678. The summed E-state index contributed by atoms with van der Waals surface area (Å²) in [5, 5.41) is 23.1. The average Bonchev–Trinajstić information content (AvgIpc) is 3.14. The summed E-state index contributed by atoms with van der Waals surface area (Å²) in [6.45, 7) is 4.89. The number of amides is 1. The third-order valence-corrected chi connectivity index (χ3v) is 10.6. The number of esters is 1. The highest BCUT2D eigenvalue weighted by molar-refractivity contribution is 5.76. The molecule has 0 aliphatic carbocycles. The molecule has 0 radical (unpaired) electrons. The van der Waals surface area contributed by atoms with Gasteiger partial charge in [-0.05, 0) is 51.4 Å². The first-order valence-electron chi connectivity index (χ1n) is 22.9. The lowest BCUT2D eigenvalue weighted by atomic mass is 10.0. The molecule has 0 heterocycles. The number of hydrogen-bond donors (Lipinski definition) is 3. The zero-order valence-corrected chi connectivity index (χ0v) is 34.8. The van der Waals surface area contributed by atoms with E-state index in [4.69, 9.17) is 4.74 Å². The van der Waals surface area contributed by atoms with Crippen LogP contribution in [0.2, 0.25) is 0 Å². The van der Waals surface area contributed by atoms with E-state index in [-0.39, 0.29) is 18.5 Å². The summed E-state index contributed by atoms with van der Waals surface area (Å²) >= 11 is 0. The van der Waals surface area contributed by atoms with Crippen LogP contribution in [0.1, 0.15) is 245 Å². The molecule has 0 aliphatic heterocycles. The molecule has 1 amide bonds. The van der Waals surface area contributed by atoms with Crippen LogP contribution >= 0.6 is 0 Å². The van der Waals surface area contributed by atoms with Gasteiger partial charge in [-0.25, -0.2) is 0 Å². The van der Waals surface area contributed by atoms with Crippen LogP contribution in [0.5, 0.6) is 0 Å². The molecule has 0 rings (SSSR count). The van der Waals surface area contributed by atoms with E-state index in [0.717, 1.165) is 70.6 Å². The van der Waals surface area contributed by atoms with Gasteiger partial charge in [0, 0.05) is 12.8 Å². The Morgan fingerprint density at radius 1 is 0.519 bits per heavy atom. The first-order chi connectivity index (χ1) is 25.5. The van der Waals surface area contributed by atoms with Crippen molar-refractivity contribution in [3.05, 3.63) is 12.2 Å². The zero-order valence-electron chi connectivity index (χ0n) is 34.8. The van der Waals surface area contributed by atoms with Crippen LogP contribution < -0.4 is 5.32 Å². The second-order valence-electron chi connectivity index (χ2n) is 15.7. The van der Waals surface area contributed by atoms with E-state index >= 15 is 0 Å². The van der Waals surface area contributed by atoms with Crippen LogP contribution in [0.25, 0.3) is 0 Å². The summed E-state index contributed by atoms with van der Waals surface area (Å²) in [4.78, 5) is 24.3. The van der Waals surface area contributed by atoms with E-state index in [1.54, 1.807) is 0 Å². The second-order valence-corrected chi connectivity index (χ2v) is 15.7. The molecule has 6 nitrogen and oxygen atoms in total. The molecule has 6 heteroatoms. The molecule has 2 atom stereocenters. The Bertz CT molecular complexity index is 772. The number of aliphatic hydroxyl groups excluding tert-OH is 2. The number of hydrogen-bond acceptors (Lipinski definition) is 5. The van der Waals surface area contributed by atoms with Gasteiger partial charge in [-0.2, -0.15) is 0 Å². The number of carbonyl (C=O) groups is 2. The number of nitrogens with one attached hydrogen (secondary N) is 1. The van der Waals surface area contributed by atoms with Gasteiger partial charge in [0.2, 0.25) is 5.91 Å². The van der Waals surface area contributed by atoms with Gasteiger partial charge in [0.25, 0.3) is 0 Å². The van der Waals surface area contributed by atoms with Crippen LogP contribution in [0, 0.1) is 0 Å². The van der Waals surface area contributed by atoms with Gasteiger partial charge in [-0.15, -0.1) is 0 Å². The number of ether oxygens (including phenoxy) is 1. The summed E-state index contributed by atoms with van der Waals surface area (Å²) in [6.07, 6.45) is 45.9. The third kappa shape index (κ3) is 38.3. The summed E-state index contributed by atoms with van der Waals surface area (Å²) in [6, 6.07) is -0.558. The van der Waals surface area contributed by atoms with Gasteiger partial charge in [-0.1, -0.05) is 193 Å². The van der Waals surface area contributed by atoms with Crippen molar-refractivity contribution in [3.63, 3.8) is 0 Å². The van der Waals surface area contributed by atoms with Crippen LogP contribution in [-0.4, -0.2) is 47.4 Å².